The van der Waals surface area contributed by atoms with E-state index in [-0.39, 0.29) is 11.1 Å². The van der Waals surface area contributed by atoms with Crippen molar-refractivity contribution in [3.05, 3.63) is 71.8 Å². The van der Waals surface area contributed by atoms with Crippen LogP contribution in [0.3, 0.4) is 0 Å². The van der Waals surface area contributed by atoms with Crippen molar-refractivity contribution in [2.24, 2.45) is 0 Å². The summed E-state index contributed by atoms with van der Waals surface area (Å²) in [6.07, 6.45) is 0.816. The van der Waals surface area contributed by atoms with Crippen LogP contribution in [-0.2, 0) is 22.4 Å². The average Bonchev–Trinajstić information content (AvgIpc) is 2.49. The Hall–Kier alpha value is -2.13. The number of rotatable bonds is 4. The minimum Gasteiger partial charge on any atom is -0.349 e. The van der Waals surface area contributed by atoms with Crippen LogP contribution in [0.1, 0.15) is 11.1 Å². The van der Waals surface area contributed by atoms with E-state index in [0.717, 1.165) is 11.1 Å². The van der Waals surface area contributed by atoms with E-state index in [1.54, 1.807) is 19.0 Å². The number of benzene rings is 2. The number of halogens is 1. The Balaban J connectivity index is 0.000000224. The molecular formula is C18H20ClNO2. The zero-order valence-corrected chi connectivity index (χ0v) is 13.6. The topological polar surface area (TPSA) is 37.4 Å². The third kappa shape index (κ3) is 7.60. The summed E-state index contributed by atoms with van der Waals surface area (Å²) >= 11 is 5.17. The molecule has 0 aromatic heterocycles. The van der Waals surface area contributed by atoms with Crippen LogP contribution in [0.5, 0.6) is 0 Å². The third-order valence-electron chi connectivity index (χ3n) is 2.88. The minimum atomic E-state index is -0.314. The molecule has 4 heteroatoms. The van der Waals surface area contributed by atoms with E-state index in [1.807, 2.05) is 60.7 Å². The molecule has 0 saturated carbocycles. The van der Waals surface area contributed by atoms with Crippen molar-refractivity contribution in [2.45, 2.75) is 12.8 Å². The lowest BCUT2D eigenvalue weighted by atomic mass is 10.1. The summed E-state index contributed by atoms with van der Waals surface area (Å²) in [6, 6.07) is 19.2. The SMILES string of the molecule is CN(C)C(=O)Cc1ccccc1.O=C(Cl)Cc1ccccc1. The van der Waals surface area contributed by atoms with Crippen molar-refractivity contribution in [2.75, 3.05) is 14.1 Å². The highest BCUT2D eigenvalue weighted by molar-refractivity contribution is 6.63. The number of carbonyl (C=O) groups is 2. The van der Waals surface area contributed by atoms with E-state index >= 15 is 0 Å². The second-order valence-corrected chi connectivity index (χ2v) is 5.39. The Morgan fingerprint density at radius 3 is 1.59 bits per heavy atom. The van der Waals surface area contributed by atoms with Crippen LogP contribution in [-0.4, -0.2) is 30.1 Å². The Morgan fingerprint density at radius 2 is 1.23 bits per heavy atom. The predicted octanol–water partition coefficient (Wildman–Crippen LogP) is 3.31. The lowest BCUT2D eigenvalue weighted by molar-refractivity contribution is -0.128. The summed E-state index contributed by atoms with van der Waals surface area (Å²) in [5.74, 6) is 0.140. The molecule has 0 fully saturated rings. The Bertz CT molecular complexity index is 583. The van der Waals surface area contributed by atoms with Gasteiger partial charge in [-0.1, -0.05) is 60.7 Å². The molecular weight excluding hydrogens is 298 g/mol. The van der Waals surface area contributed by atoms with Gasteiger partial charge in [0.25, 0.3) is 0 Å². The summed E-state index contributed by atoms with van der Waals surface area (Å²) in [4.78, 5) is 23.2. The number of carbonyl (C=O) groups excluding carboxylic acids is 2. The fraction of sp³-hybridized carbons (Fsp3) is 0.222. The van der Waals surface area contributed by atoms with E-state index in [9.17, 15) is 9.59 Å². The molecule has 0 aliphatic carbocycles. The Morgan fingerprint density at radius 1 is 0.818 bits per heavy atom. The number of hydrogen-bond donors (Lipinski definition) is 0. The number of amides is 1. The van der Waals surface area contributed by atoms with Gasteiger partial charge in [-0.05, 0) is 22.7 Å². The van der Waals surface area contributed by atoms with Gasteiger partial charge in [-0.25, -0.2) is 0 Å². The molecule has 2 rings (SSSR count). The molecule has 0 saturated heterocycles. The van der Waals surface area contributed by atoms with Gasteiger partial charge in [-0.3, -0.25) is 9.59 Å². The molecule has 0 unspecified atom stereocenters. The normalized spacial score (nSPS) is 9.41. The summed E-state index contributed by atoms with van der Waals surface area (Å²) in [6.45, 7) is 0. The molecule has 0 bridgehead atoms. The van der Waals surface area contributed by atoms with E-state index in [0.29, 0.717) is 12.8 Å². The average molecular weight is 318 g/mol. The highest BCUT2D eigenvalue weighted by atomic mass is 35.5. The van der Waals surface area contributed by atoms with Crippen LogP contribution in [0.25, 0.3) is 0 Å². The van der Waals surface area contributed by atoms with E-state index in [1.165, 1.54) is 0 Å². The molecule has 0 atom stereocenters. The molecule has 2 aromatic rings. The van der Waals surface area contributed by atoms with E-state index < -0.39 is 0 Å². The maximum Gasteiger partial charge on any atom is 0.226 e. The Kier molecular flexibility index (Phi) is 7.94. The lowest BCUT2D eigenvalue weighted by Crippen LogP contribution is -2.23. The van der Waals surface area contributed by atoms with Crippen molar-refractivity contribution in [1.29, 1.82) is 0 Å². The maximum atomic E-state index is 11.2. The first-order valence-electron chi connectivity index (χ1n) is 6.95. The van der Waals surface area contributed by atoms with Crippen LogP contribution >= 0.6 is 11.6 Å². The van der Waals surface area contributed by atoms with E-state index in [4.69, 9.17) is 11.6 Å². The van der Waals surface area contributed by atoms with Gasteiger partial charge in [0.15, 0.2) is 0 Å². The standard InChI is InChI=1S/C10H13NO.C8H7ClO/c1-11(2)10(12)8-9-6-4-3-5-7-9;9-8(10)6-7-4-2-1-3-5-7/h3-7H,8H2,1-2H3;1-5H,6H2. The molecule has 0 radical (unpaired) electrons. The fourth-order valence-corrected chi connectivity index (χ4v) is 1.84. The minimum absolute atomic E-state index is 0.140. The van der Waals surface area contributed by atoms with Gasteiger partial charge in [-0.15, -0.1) is 0 Å². The number of hydrogen-bond acceptors (Lipinski definition) is 2. The second-order valence-electron chi connectivity index (χ2n) is 4.97. The van der Waals surface area contributed by atoms with Gasteiger partial charge in [0.1, 0.15) is 0 Å². The highest BCUT2D eigenvalue weighted by Gasteiger charge is 2.03. The summed E-state index contributed by atoms with van der Waals surface area (Å²) in [5.41, 5.74) is 2.03. The predicted molar refractivity (Wildman–Crippen MR) is 89.8 cm³/mol. The van der Waals surface area contributed by atoms with Crippen molar-refractivity contribution in [3.8, 4) is 0 Å². The zero-order valence-electron chi connectivity index (χ0n) is 12.8. The summed E-state index contributed by atoms with van der Waals surface area (Å²) < 4.78 is 0. The first kappa shape index (κ1) is 17.9. The fourth-order valence-electron chi connectivity index (χ4n) is 1.68. The van der Waals surface area contributed by atoms with Gasteiger partial charge in [0, 0.05) is 20.5 Å². The smallest absolute Gasteiger partial charge is 0.226 e. The van der Waals surface area contributed by atoms with Gasteiger partial charge >= 0.3 is 0 Å². The summed E-state index contributed by atoms with van der Waals surface area (Å²) in [7, 11) is 3.54. The van der Waals surface area contributed by atoms with Crippen LogP contribution in [0.15, 0.2) is 60.7 Å². The van der Waals surface area contributed by atoms with Gasteiger partial charge in [0.2, 0.25) is 11.1 Å². The monoisotopic (exact) mass is 317 g/mol. The number of likely N-dealkylation sites (N-methyl/N-ethyl adjacent to an activating group) is 1. The van der Waals surface area contributed by atoms with Gasteiger partial charge in [0.05, 0.1) is 6.42 Å². The van der Waals surface area contributed by atoms with Gasteiger partial charge < -0.3 is 4.90 Å². The summed E-state index contributed by atoms with van der Waals surface area (Å²) in [5, 5.41) is -0.314. The Labute approximate surface area is 136 Å². The molecule has 0 heterocycles. The zero-order chi connectivity index (χ0) is 16.4. The molecule has 0 spiro atoms. The maximum absolute atomic E-state index is 11.2. The molecule has 1 amide bonds. The molecule has 22 heavy (non-hydrogen) atoms. The van der Waals surface area contributed by atoms with E-state index in [2.05, 4.69) is 0 Å². The van der Waals surface area contributed by atoms with Crippen LogP contribution in [0.4, 0.5) is 0 Å². The van der Waals surface area contributed by atoms with Crippen molar-refractivity contribution >= 4 is 22.8 Å². The lowest BCUT2D eigenvalue weighted by Gasteiger charge is -2.09. The first-order valence-corrected chi connectivity index (χ1v) is 7.33. The first-order chi connectivity index (χ1) is 10.5. The highest BCUT2D eigenvalue weighted by Crippen LogP contribution is 2.01. The largest absolute Gasteiger partial charge is 0.349 e. The van der Waals surface area contributed by atoms with Crippen molar-refractivity contribution in [3.63, 3.8) is 0 Å². The second kappa shape index (κ2) is 9.74. The van der Waals surface area contributed by atoms with Crippen LogP contribution < -0.4 is 0 Å². The molecule has 116 valence electrons. The third-order valence-corrected chi connectivity index (χ3v) is 3.02. The molecule has 3 nitrogen and oxygen atoms in total. The van der Waals surface area contributed by atoms with Gasteiger partial charge in [-0.2, -0.15) is 0 Å². The molecule has 0 aliphatic heterocycles. The number of nitrogens with zero attached hydrogens (tertiary/aromatic N) is 1. The molecule has 2 aromatic carbocycles. The van der Waals surface area contributed by atoms with Crippen molar-refractivity contribution < 1.29 is 9.59 Å². The molecule has 0 aliphatic rings. The van der Waals surface area contributed by atoms with Crippen LogP contribution in [0.2, 0.25) is 0 Å². The quantitative estimate of drug-likeness (QED) is 0.811. The van der Waals surface area contributed by atoms with Crippen molar-refractivity contribution in [1.82, 2.24) is 4.90 Å². The molecule has 0 N–H and O–H groups in total. The van der Waals surface area contributed by atoms with Crippen LogP contribution in [0, 0.1) is 0 Å².